The average Bonchev–Trinajstić information content (AvgIpc) is 2.65. The highest BCUT2D eigenvalue weighted by atomic mass is 32.1. The fourth-order valence-corrected chi connectivity index (χ4v) is 2.70. The Morgan fingerprint density at radius 3 is 2.62 bits per heavy atom. The van der Waals surface area contributed by atoms with Gasteiger partial charge in [-0.2, -0.15) is 0 Å². The summed E-state index contributed by atoms with van der Waals surface area (Å²) in [6.45, 7) is 10.0. The van der Waals surface area contributed by atoms with Crippen LogP contribution in [-0.2, 0) is 0 Å². The second-order valence-electron chi connectivity index (χ2n) is 4.78. The van der Waals surface area contributed by atoms with Crippen molar-refractivity contribution in [1.82, 2.24) is 10.3 Å². The molecule has 2 nitrogen and oxygen atoms in total. The summed E-state index contributed by atoms with van der Waals surface area (Å²) in [7, 11) is 0. The third-order valence-corrected chi connectivity index (χ3v) is 3.82. The minimum Gasteiger partial charge on any atom is -0.309 e. The Hall–Kier alpha value is -0.410. The molecule has 16 heavy (non-hydrogen) atoms. The zero-order valence-corrected chi connectivity index (χ0v) is 11.7. The third kappa shape index (κ3) is 4.22. The van der Waals surface area contributed by atoms with Crippen LogP contribution in [0.2, 0.25) is 0 Å². The normalized spacial score (nSPS) is 13.3. The summed E-state index contributed by atoms with van der Waals surface area (Å²) in [5.74, 6) is 0.777. The summed E-state index contributed by atoms with van der Waals surface area (Å²) in [6.07, 6.45) is 3.69. The molecule has 0 aliphatic rings. The second-order valence-corrected chi connectivity index (χ2v) is 5.67. The highest BCUT2D eigenvalue weighted by Crippen LogP contribution is 2.26. The smallest absolute Gasteiger partial charge is 0.0798 e. The predicted molar refractivity (Wildman–Crippen MR) is 72.0 cm³/mol. The molecular weight excluding hydrogens is 216 g/mol. The lowest BCUT2D eigenvalue weighted by Crippen LogP contribution is -2.22. The first kappa shape index (κ1) is 13.7. The van der Waals surface area contributed by atoms with Gasteiger partial charge in [0.05, 0.1) is 11.2 Å². The zero-order chi connectivity index (χ0) is 12.0. The molecule has 0 aliphatic carbocycles. The Balaban J connectivity index is 2.60. The van der Waals surface area contributed by atoms with Gasteiger partial charge in [0.2, 0.25) is 0 Å². The van der Waals surface area contributed by atoms with E-state index in [1.165, 1.54) is 29.8 Å². The number of rotatable bonds is 7. The lowest BCUT2D eigenvalue weighted by Gasteiger charge is -2.18. The molecule has 1 heterocycles. The fraction of sp³-hybridized carbons (Fsp3) is 0.769. The van der Waals surface area contributed by atoms with E-state index in [-0.39, 0.29) is 0 Å². The van der Waals surface area contributed by atoms with Crippen molar-refractivity contribution in [3.05, 3.63) is 16.1 Å². The molecule has 1 unspecified atom stereocenters. The van der Waals surface area contributed by atoms with Gasteiger partial charge >= 0.3 is 0 Å². The standard InChI is InChI=1S/C13H24N2S/c1-5-8-14-12(7-6-10(2)3)13-11(4)15-9-16-13/h9-10,12,14H,5-8H2,1-4H3. The molecule has 0 radical (unpaired) electrons. The highest BCUT2D eigenvalue weighted by Gasteiger charge is 2.15. The molecule has 0 amide bonds. The largest absolute Gasteiger partial charge is 0.309 e. The van der Waals surface area contributed by atoms with E-state index in [1.54, 1.807) is 11.3 Å². The van der Waals surface area contributed by atoms with E-state index in [9.17, 15) is 0 Å². The number of aryl methyl sites for hydroxylation is 1. The first-order chi connectivity index (χ1) is 7.65. The van der Waals surface area contributed by atoms with E-state index in [0.717, 1.165) is 12.5 Å². The number of hydrogen-bond acceptors (Lipinski definition) is 3. The van der Waals surface area contributed by atoms with Crippen molar-refractivity contribution in [3.63, 3.8) is 0 Å². The van der Waals surface area contributed by atoms with Crippen LogP contribution in [-0.4, -0.2) is 11.5 Å². The van der Waals surface area contributed by atoms with Crippen molar-refractivity contribution in [2.75, 3.05) is 6.54 Å². The van der Waals surface area contributed by atoms with Crippen molar-refractivity contribution in [2.24, 2.45) is 5.92 Å². The molecule has 3 heteroatoms. The molecule has 0 bridgehead atoms. The van der Waals surface area contributed by atoms with Crippen LogP contribution in [0.1, 0.15) is 56.6 Å². The van der Waals surface area contributed by atoms with Gasteiger partial charge in [0.1, 0.15) is 0 Å². The van der Waals surface area contributed by atoms with E-state index < -0.39 is 0 Å². The maximum Gasteiger partial charge on any atom is 0.0798 e. The molecular formula is C13H24N2S. The van der Waals surface area contributed by atoms with Crippen LogP contribution < -0.4 is 5.32 Å². The molecule has 0 fully saturated rings. The molecule has 0 aromatic carbocycles. The van der Waals surface area contributed by atoms with E-state index in [0.29, 0.717) is 6.04 Å². The van der Waals surface area contributed by atoms with Crippen molar-refractivity contribution in [1.29, 1.82) is 0 Å². The molecule has 1 rings (SSSR count). The number of thiazole rings is 1. The fourth-order valence-electron chi connectivity index (χ4n) is 1.79. The van der Waals surface area contributed by atoms with Crippen LogP contribution in [0, 0.1) is 12.8 Å². The zero-order valence-electron chi connectivity index (χ0n) is 10.9. The summed E-state index contributed by atoms with van der Waals surface area (Å²) in [5, 5.41) is 3.64. The monoisotopic (exact) mass is 240 g/mol. The second kappa shape index (κ2) is 7.02. The van der Waals surface area contributed by atoms with Gasteiger partial charge in [0.25, 0.3) is 0 Å². The predicted octanol–water partition coefficient (Wildman–Crippen LogP) is 3.93. The summed E-state index contributed by atoms with van der Waals surface area (Å²) in [5.41, 5.74) is 3.16. The van der Waals surface area contributed by atoms with Crippen LogP contribution in [0.4, 0.5) is 0 Å². The van der Waals surface area contributed by atoms with Crippen molar-refractivity contribution >= 4 is 11.3 Å². The van der Waals surface area contributed by atoms with Gasteiger partial charge < -0.3 is 5.32 Å². The van der Waals surface area contributed by atoms with E-state index in [1.807, 2.05) is 5.51 Å². The Labute approximate surface area is 103 Å². The van der Waals surface area contributed by atoms with E-state index >= 15 is 0 Å². The van der Waals surface area contributed by atoms with Gasteiger partial charge in [0, 0.05) is 10.9 Å². The van der Waals surface area contributed by atoms with Gasteiger partial charge in [-0.3, -0.25) is 0 Å². The molecule has 1 aromatic rings. The van der Waals surface area contributed by atoms with Gasteiger partial charge in [0.15, 0.2) is 0 Å². The Kier molecular flexibility index (Phi) is 5.99. The maximum absolute atomic E-state index is 4.35. The number of aromatic nitrogens is 1. The molecule has 0 aliphatic heterocycles. The van der Waals surface area contributed by atoms with Gasteiger partial charge in [-0.05, 0) is 38.6 Å². The lowest BCUT2D eigenvalue weighted by atomic mass is 10.0. The van der Waals surface area contributed by atoms with Crippen LogP contribution >= 0.6 is 11.3 Å². The van der Waals surface area contributed by atoms with Crippen LogP contribution in [0.15, 0.2) is 5.51 Å². The van der Waals surface area contributed by atoms with Crippen LogP contribution in [0.25, 0.3) is 0 Å². The van der Waals surface area contributed by atoms with E-state index in [4.69, 9.17) is 0 Å². The Morgan fingerprint density at radius 1 is 1.38 bits per heavy atom. The minimum absolute atomic E-state index is 0.509. The van der Waals surface area contributed by atoms with Crippen LogP contribution in [0.3, 0.4) is 0 Å². The van der Waals surface area contributed by atoms with E-state index in [2.05, 4.69) is 38.0 Å². The lowest BCUT2D eigenvalue weighted by molar-refractivity contribution is 0.443. The molecule has 1 aromatic heterocycles. The van der Waals surface area contributed by atoms with Gasteiger partial charge in [-0.25, -0.2) is 4.98 Å². The quantitative estimate of drug-likeness (QED) is 0.781. The maximum atomic E-state index is 4.35. The van der Waals surface area contributed by atoms with Crippen molar-refractivity contribution < 1.29 is 0 Å². The summed E-state index contributed by atoms with van der Waals surface area (Å²) in [6, 6.07) is 0.509. The summed E-state index contributed by atoms with van der Waals surface area (Å²) in [4.78, 5) is 5.78. The number of nitrogens with zero attached hydrogens (tertiary/aromatic N) is 1. The van der Waals surface area contributed by atoms with Crippen molar-refractivity contribution in [2.45, 2.75) is 53.0 Å². The average molecular weight is 240 g/mol. The summed E-state index contributed by atoms with van der Waals surface area (Å²) >= 11 is 1.79. The SMILES string of the molecule is CCCNC(CCC(C)C)c1scnc1C. The van der Waals surface area contributed by atoms with Gasteiger partial charge in [-0.1, -0.05) is 20.8 Å². The molecule has 0 saturated heterocycles. The molecule has 0 saturated carbocycles. The topological polar surface area (TPSA) is 24.9 Å². The first-order valence-corrected chi connectivity index (χ1v) is 7.16. The number of nitrogens with one attached hydrogen (secondary N) is 1. The minimum atomic E-state index is 0.509. The molecule has 1 atom stereocenters. The number of hydrogen-bond donors (Lipinski definition) is 1. The molecule has 0 spiro atoms. The highest BCUT2D eigenvalue weighted by molar-refractivity contribution is 7.09. The summed E-state index contributed by atoms with van der Waals surface area (Å²) < 4.78 is 0. The van der Waals surface area contributed by atoms with Crippen LogP contribution in [0.5, 0.6) is 0 Å². The Morgan fingerprint density at radius 2 is 2.12 bits per heavy atom. The molecule has 92 valence electrons. The van der Waals surface area contributed by atoms with Crippen molar-refractivity contribution in [3.8, 4) is 0 Å². The van der Waals surface area contributed by atoms with Gasteiger partial charge in [-0.15, -0.1) is 11.3 Å². The Bertz CT molecular complexity index is 294. The first-order valence-electron chi connectivity index (χ1n) is 6.28. The third-order valence-electron chi connectivity index (χ3n) is 2.77. The molecule has 1 N–H and O–H groups in total.